The van der Waals surface area contributed by atoms with E-state index in [4.69, 9.17) is 9.47 Å². The summed E-state index contributed by atoms with van der Waals surface area (Å²) in [4.78, 5) is 38.9. The zero-order valence-electron chi connectivity index (χ0n) is 17.0. The number of likely N-dealkylation sites (tertiary alicyclic amines) is 1. The molecule has 1 aliphatic rings. The number of nitrogens with zero attached hydrogens (tertiary/aromatic N) is 1. The predicted octanol–water partition coefficient (Wildman–Crippen LogP) is 2.57. The maximum absolute atomic E-state index is 12.7. The Morgan fingerprint density at radius 2 is 1.86 bits per heavy atom. The van der Waals surface area contributed by atoms with Gasteiger partial charge in [-0.3, -0.25) is 14.4 Å². The first-order chi connectivity index (χ1) is 13.5. The Morgan fingerprint density at radius 1 is 1.11 bits per heavy atom. The number of hydrogen-bond donors (Lipinski definition) is 1. The number of ketones is 1. The van der Waals surface area contributed by atoms with Crippen molar-refractivity contribution < 1.29 is 23.9 Å². The fourth-order valence-corrected chi connectivity index (χ4v) is 3.54. The molecule has 0 aromatic heterocycles. The normalized spacial score (nSPS) is 16.4. The van der Waals surface area contributed by atoms with Crippen LogP contribution in [-0.4, -0.2) is 55.8 Å². The highest BCUT2D eigenvalue weighted by molar-refractivity contribution is 5.98. The third-order valence-corrected chi connectivity index (χ3v) is 5.01. The van der Waals surface area contributed by atoms with E-state index in [0.717, 1.165) is 19.3 Å². The number of piperidine rings is 1. The number of amides is 2. The van der Waals surface area contributed by atoms with Crippen LogP contribution in [-0.2, 0) is 9.59 Å². The monoisotopic (exact) mass is 390 g/mol. The molecule has 1 heterocycles. The molecule has 2 rings (SSSR count). The van der Waals surface area contributed by atoms with E-state index in [0.29, 0.717) is 36.6 Å². The summed E-state index contributed by atoms with van der Waals surface area (Å²) in [6.45, 7) is 3.11. The molecule has 0 radical (unpaired) electrons. The second kappa shape index (κ2) is 10.7. The van der Waals surface area contributed by atoms with Gasteiger partial charge in [0.25, 0.3) is 0 Å². The molecular weight excluding hydrogens is 360 g/mol. The Kier molecular flexibility index (Phi) is 8.29. The molecule has 0 saturated carbocycles. The third-order valence-electron chi connectivity index (χ3n) is 5.01. The van der Waals surface area contributed by atoms with Gasteiger partial charge in [0.05, 0.1) is 14.2 Å². The summed E-state index contributed by atoms with van der Waals surface area (Å²) in [7, 11) is 3.05. The molecule has 1 fully saturated rings. The van der Waals surface area contributed by atoms with Crippen LogP contribution in [0.25, 0.3) is 0 Å². The number of methoxy groups -OCH3 is 2. The number of rotatable bonds is 9. The topological polar surface area (TPSA) is 84.9 Å². The van der Waals surface area contributed by atoms with Gasteiger partial charge in [0.2, 0.25) is 11.8 Å². The average Bonchev–Trinajstić information content (AvgIpc) is 2.71. The van der Waals surface area contributed by atoms with Gasteiger partial charge in [-0.2, -0.15) is 0 Å². The van der Waals surface area contributed by atoms with Crippen molar-refractivity contribution in [3.8, 4) is 11.5 Å². The van der Waals surface area contributed by atoms with E-state index < -0.39 is 0 Å². The molecule has 1 N–H and O–H groups in total. The fraction of sp³-hybridized carbons (Fsp3) is 0.571. The number of benzene rings is 1. The number of hydrogen-bond acceptors (Lipinski definition) is 5. The molecule has 0 aliphatic carbocycles. The first-order valence-electron chi connectivity index (χ1n) is 9.81. The lowest BCUT2D eigenvalue weighted by atomic mass is 9.97. The number of carbonyl (C=O) groups excluding carboxylic acids is 3. The second-order valence-corrected chi connectivity index (χ2v) is 6.89. The minimum atomic E-state index is -0.119. The van der Waals surface area contributed by atoms with E-state index in [2.05, 4.69) is 5.32 Å². The van der Waals surface area contributed by atoms with Gasteiger partial charge in [-0.1, -0.05) is 0 Å². The molecule has 0 spiro atoms. The van der Waals surface area contributed by atoms with Crippen molar-refractivity contribution in [1.29, 1.82) is 0 Å². The fourth-order valence-electron chi connectivity index (χ4n) is 3.54. The largest absolute Gasteiger partial charge is 0.493 e. The van der Waals surface area contributed by atoms with E-state index in [1.807, 2.05) is 6.92 Å². The van der Waals surface area contributed by atoms with Crippen LogP contribution in [0.1, 0.15) is 55.8 Å². The van der Waals surface area contributed by atoms with Gasteiger partial charge in [-0.15, -0.1) is 0 Å². The van der Waals surface area contributed by atoms with E-state index in [1.54, 1.807) is 23.1 Å². The van der Waals surface area contributed by atoms with E-state index >= 15 is 0 Å². The molecule has 0 bridgehead atoms. The maximum Gasteiger partial charge on any atom is 0.223 e. The average molecular weight is 390 g/mol. The van der Waals surface area contributed by atoms with Crippen LogP contribution >= 0.6 is 0 Å². The van der Waals surface area contributed by atoms with Crippen LogP contribution in [0.2, 0.25) is 0 Å². The highest BCUT2D eigenvalue weighted by atomic mass is 16.5. The van der Waals surface area contributed by atoms with Gasteiger partial charge in [-0.05, 0) is 44.4 Å². The second-order valence-electron chi connectivity index (χ2n) is 6.89. The Hall–Kier alpha value is -2.57. The van der Waals surface area contributed by atoms with Crippen molar-refractivity contribution in [2.24, 2.45) is 0 Å². The molecular formula is C21H30N2O5. The molecule has 2 amide bonds. The lowest BCUT2D eigenvalue weighted by Crippen LogP contribution is -2.46. The zero-order chi connectivity index (χ0) is 20.5. The Balaban J connectivity index is 1.95. The minimum Gasteiger partial charge on any atom is -0.493 e. The maximum atomic E-state index is 12.7. The number of nitrogens with one attached hydrogen (secondary N) is 1. The molecule has 1 aromatic rings. The lowest BCUT2D eigenvalue weighted by molar-refractivity contribution is -0.136. The summed E-state index contributed by atoms with van der Waals surface area (Å²) in [6.07, 6.45) is 3.35. The van der Waals surface area contributed by atoms with Gasteiger partial charge in [-0.25, -0.2) is 0 Å². The van der Waals surface area contributed by atoms with Gasteiger partial charge in [0, 0.05) is 44.0 Å². The molecule has 1 unspecified atom stereocenters. The Bertz CT molecular complexity index is 704. The molecule has 7 nitrogen and oxygen atoms in total. The van der Waals surface area contributed by atoms with E-state index in [9.17, 15) is 14.4 Å². The van der Waals surface area contributed by atoms with Crippen LogP contribution in [0, 0.1) is 0 Å². The van der Waals surface area contributed by atoms with Gasteiger partial charge >= 0.3 is 0 Å². The van der Waals surface area contributed by atoms with Crippen molar-refractivity contribution in [1.82, 2.24) is 10.2 Å². The highest BCUT2D eigenvalue weighted by Crippen LogP contribution is 2.28. The number of ether oxygens (including phenoxy) is 2. The molecule has 7 heteroatoms. The number of Topliss-reactive ketones (excluding diaryl/α,β-unsaturated/α-hetero) is 1. The Morgan fingerprint density at radius 3 is 2.54 bits per heavy atom. The van der Waals surface area contributed by atoms with Crippen molar-refractivity contribution in [2.75, 3.05) is 27.3 Å². The first-order valence-corrected chi connectivity index (χ1v) is 9.81. The summed E-state index contributed by atoms with van der Waals surface area (Å²) in [5, 5.41) is 2.79. The number of carbonyl (C=O) groups is 3. The van der Waals surface area contributed by atoms with Gasteiger partial charge < -0.3 is 19.7 Å². The predicted molar refractivity (Wildman–Crippen MR) is 106 cm³/mol. The summed E-state index contributed by atoms with van der Waals surface area (Å²) >= 11 is 0. The molecule has 1 atom stereocenters. The smallest absolute Gasteiger partial charge is 0.223 e. The van der Waals surface area contributed by atoms with Crippen molar-refractivity contribution >= 4 is 17.6 Å². The molecule has 1 aliphatic heterocycles. The van der Waals surface area contributed by atoms with Crippen LogP contribution < -0.4 is 14.8 Å². The Labute approximate surface area is 166 Å². The van der Waals surface area contributed by atoms with Crippen LogP contribution in [0.3, 0.4) is 0 Å². The SMILES string of the molecule is CCNC(=O)CC1CCCCN1C(=O)CCC(=O)c1ccc(OC)c(OC)c1. The summed E-state index contributed by atoms with van der Waals surface area (Å²) in [6, 6.07) is 4.90. The van der Waals surface area contributed by atoms with Crippen LogP contribution in [0.15, 0.2) is 18.2 Å². The van der Waals surface area contributed by atoms with E-state index in [-0.39, 0.29) is 36.5 Å². The van der Waals surface area contributed by atoms with Gasteiger partial charge in [0.1, 0.15) is 0 Å². The van der Waals surface area contributed by atoms with Gasteiger partial charge in [0.15, 0.2) is 17.3 Å². The molecule has 1 aromatic carbocycles. The van der Waals surface area contributed by atoms with Crippen molar-refractivity contribution in [2.45, 2.75) is 51.5 Å². The highest BCUT2D eigenvalue weighted by Gasteiger charge is 2.28. The van der Waals surface area contributed by atoms with Crippen LogP contribution in [0.4, 0.5) is 0 Å². The molecule has 154 valence electrons. The van der Waals surface area contributed by atoms with Crippen molar-refractivity contribution in [3.63, 3.8) is 0 Å². The minimum absolute atomic E-state index is 0.0337. The zero-order valence-corrected chi connectivity index (χ0v) is 17.0. The summed E-state index contributed by atoms with van der Waals surface area (Å²) in [5.74, 6) is 0.817. The van der Waals surface area contributed by atoms with Crippen LogP contribution in [0.5, 0.6) is 11.5 Å². The lowest BCUT2D eigenvalue weighted by Gasteiger charge is -2.35. The quantitative estimate of drug-likeness (QED) is 0.655. The van der Waals surface area contributed by atoms with E-state index in [1.165, 1.54) is 14.2 Å². The molecule has 1 saturated heterocycles. The van der Waals surface area contributed by atoms with Crippen molar-refractivity contribution in [3.05, 3.63) is 23.8 Å². The molecule has 28 heavy (non-hydrogen) atoms. The third kappa shape index (κ3) is 5.71. The summed E-state index contributed by atoms with van der Waals surface area (Å²) in [5.41, 5.74) is 0.489. The first kappa shape index (κ1) is 21.7. The standard InChI is InChI=1S/C21H30N2O5/c1-4-22-20(25)14-16-7-5-6-12-23(16)21(26)11-9-17(24)15-8-10-18(27-2)19(13-15)28-3/h8,10,13,16H,4-7,9,11-12,14H2,1-3H3,(H,22,25). The summed E-state index contributed by atoms with van der Waals surface area (Å²) < 4.78 is 10.4.